The van der Waals surface area contributed by atoms with Crippen LogP contribution in [0.25, 0.3) is 11.2 Å². The second-order valence-corrected chi connectivity index (χ2v) is 16.8. The first-order chi connectivity index (χ1) is 29.3. The van der Waals surface area contributed by atoms with Gasteiger partial charge in [-0.05, 0) is 6.07 Å². The third-order valence-electron chi connectivity index (χ3n) is 9.14. The van der Waals surface area contributed by atoms with Gasteiger partial charge in [0.05, 0.1) is 44.8 Å². The van der Waals surface area contributed by atoms with Crippen LogP contribution < -0.4 is 37.3 Å². The number of aliphatic hydroxyl groups is 6. The van der Waals surface area contributed by atoms with Crippen molar-refractivity contribution in [1.82, 2.24) is 35.5 Å². The number of hydrogen-bond donors (Lipinski definition) is 14. The molecule has 5 heterocycles. The van der Waals surface area contributed by atoms with E-state index in [2.05, 4.69) is 40.5 Å². The van der Waals surface area contributed by atoms with Crippen LogP contribution in [-0.4, -0.2) is 179 Å². The summed E-state index contributed by atoms with van der Waals surface area (Å²) in [5, 5.41) is 72.3. The number of primary amides is 1. The van der Waals surface area contributed by atoms with Gasteiger partial charge in [-0.25, -0.2) is 24.1 Å². The summed E-state index contributed by atoms with van der Waals surface area (Å²) in [5.41, 5.74) is 10.7. The Hall–Kier alpha value is -4.23. The van der Waals surface area contributed by atoms with Gasteiger partial charge in [0.15, 0.2) is 41.7 Å². The van der Waals surface area contributed by atoms with E-state index in [0.29, 0.717) is 0 Å². The monoisotopic (exact) mass is 924 g/mol. The molecule has 16 N–H and O–H groups in total. The molecule has 3 aromatic heterocycles. The quantitative estimate of drug-likeness (QED) is 0.0310. The fourth-order valence-electron chi connectivity index (χ4n) is 5.95. The molecule has 4 unspecified atom stereocenters. The van der Waals surface area contributed by atoms with Gasteiger partial charge in [0.1, 0.15) is 42.4 Å². The fraction of sp³-hybridized carbons (Fsp3) is 0.581. The molecule has 5 rings (SSSR count). The number of nitrogens with two attached hydrogens (primary N) is 2. The van der Waals surface area contributed by atoms with Crippen molar-refractivity contribution in [3.05, 3.63) is 42.7 Å². The number of carbonyl (C=O) groups excluding carboxylic acids is 3. The molecule has 31 heteroatoms. The lowest BCUT2D eigenvalue weighted by Gasteiger charge is -2.20. The zero-order valence-electron chi connectivity index (χ0n) is 32.3. The number of aromatic nitrogens is 5. The first-order valence-corrected chi connectivity index (χ1v) is 21.5. The van der Waals surface area contributed by atoms with Crippen molar-refractivity contribution in [2.45, 2.75) is 61.3 Å². The molecule has 0 aromatic carbocycles. The molecule has 2 aliphatic rings. The lowest BCUT2D eigenvalue weighted by Crippen LogP contribution is -2.46. The van der Waals surface area contributed by atoms with E-state index in [1.54, 1.807) is 0 Å². The van der Waals surface area contributed by atoms with Crippen LogP contribution in [0.3, 0.4) is 0 Å². The Morgan fingerprint density at radius 2 is 1.50 bits per heavy atom. The van der Waals surface area contributed by atoms with Crippen LogP contribution >= 0.6 is 15.6 Å². The molecule has 3 amide bonds. The number of nitrogens with zero attached hydrogens (tertiary/aromatic N) is 5. The van der Waals surface area contributed by atoms with Crippen molar-refractivity contribution in [3.63, 3.8) is 0 Å². The van der Waals surface area contributed by atoms with Crippen LogP contribution in [0, 0.1) is 0 Å². The van der Waals surface area contributed by atoms with Crippen molar-refractivity contribution in [1.29, 1.82) is 0 Å². The number of phosphoric acid groups is 2. The highest BCUT2D eigenvalue weighted by Gasteiger charge is 2.50. The Morgan fingerprint density at radius 1 is 0.871 bits per heavy atom. The lowest BCUT2D eigenvalue weighted by atomic mass is 10.1. The van der Waals surface area contributed by atoms with Gasteiger partial charge in [0.2, 0.25) is 11.8 Å². The molecule has 62 heavy (non-hydrogen) atoms. The number of phosphoric ester groups is 2. The van der Waals surface area contributed by atoms with Gasteiger partial charge in [0.25, 0.3) is 12.1 Å². The zero-order valence-corrected chi connectivity index (χ0v) is 34.1. The molecule has 2 fully saturated rings. The predicted molar refractivity (Wildman–Crippen MR) is 203 cm³/mol. The molecule has 3 aromatic rings. The highest BCUT2D eigenvalue weighted by Crippen LogP contribution is 2.60. The molecule has 2 aliphatic heterocycles. The Balaban J connectivity index is 1.08. The first-order valence-electron chi connectivity index (χ1n) is 18.5. The van der Waals surface area contributed by atoms with Gasteiger partial charge in [-0.1, -0.05) is 0 Å². The van der Waals surface area contributed by atoms with Crippen molar-refractivity contribution >= 4 is 50.3 Å². The summed E-state index contributed by atoms with van der Waals surface area (Å²) >= 11 is 0. The van der Waals surface area contributed by atoms with Gasteiger partial charge < -0.3 is 82.6 Å². The number of nitrogens with one attached hydrogen (secondary N) is 4. The van der Waals surface area contributed by atoms with Crippen LogP contribution in [0.15, 0.2) is 37.2 Å². The number of ether oxygens (including phenoxy) is 2. The van der Waals surface area contributed by atoms with Crippen molar-refractivity contribution < 1.29 is 91.3 Å². The number of hydrogen-bond acceptors (Lipinski definition) is 22. The predicted octanol–water partition coefficient (Wildman–Crippen LogP) is -6.68. The van der Waals surface area contributed by atoms with Gasteiger partial charge in [-0.15, -0.1) is 0 Å². The normalized spacial score (nSPS) is 26.7. The summed E-state index contributed by atoms with van der Waals surface area (Å²) in [5.74, 6) is -1.71. The number of amides is 3. The number of imidazole rings is 1. The zero-order chi connectivity index (χ0) is 45.4. The average Bonchev–Trinajstić information content (AvgIpc) is 3.88. The molecule has 0 bridgehead atoms. The molecular formula is C31H48N11O18P2+. The van der Waals surface area contributed by atoms with E-state index < -0.39 is 108 Å². The minimum absolute atomic E-state index is 0.0175. The van der Waals surface area contributed by atoms with E-state index in [4.69, 9.17) is 30.0 Å². The first kappa shape index (κ1) is 48.8. The molecule has 344 valence electrons. The van der Waals surface area contributed by atoms with Gasteiger partial charge >= 0.3 is 15.6 Å². The van der Waals surface area contributed by atoms with Crippen molar-refractivity contribution in [3.8, 4) is 0 Å². The minimum atomic E-state index is -5.48. The summed E-state index contributed by atoms with van der Waals surface area (Å²) in [4.78, 5) is 68.5. The minimum Gasteiger partial charge on any atom is -0.390 e. The second-order valence-electron chi connectivity index (χ2n) is 13.8. The van der Waals surface area contributed by atoms with Crippen LogP contribution in [0.5, 0.6) is 0 Å². The van der Waals surface area contributed by atoms with Crippen molar-refractivity contribution in [2.24, 2.45) is 11.5 Å². The Morgan fingerprint density at radius 3 is 2.16 bits per heavy atom. The molecular weight excluding hydrogens is 876 g/mol. The highest BCUT2D eigenvalue weighted by molar-refractivity contribution is 7.61. The Kier molecular flexibility index (Phi) is 16.9. The summed E-state index contributed by atoms with van der Waals surface area (Å²) < 4.78 is 52.6. The summed E-state index contributed by atoms with van der Waals surface area (Å²) in [6.45, 7) is -2.66. The van der Waals surface area contributed by atoms with Gasteiger partial charge in [-0.3, -0.25) is 28.0 Å². The van der Waals surface area contributed by atoms with Crippen LogP contribution in [0.4, 0.5) is 5.82 Å². The maximum absolute atomic E-state index is 12.7. The standard InChI is InChI=1S/C31H47N11O18P2/c32-4-16(43)6-35-20(45)8-34-5-17(44)7-36-21(46)9-37-28-22-29(39-13-38-28)42(14-40-22)31-26(50)24(48)19(59-31)12-57-62(54,55)60-61(52,53)56-11-18-23(47)25(49)30(58-18)41-3-1-2-15(10-41)27(33)51/h1-3,10,13-14,16-19,23-26,30-31,34,43-44,47-50H,4-9,11-12,32H2,(H6-,33,35,36,37,38,39,45,46,51,52,53,54,55)/p+1/t16?,17?,18-,19-,23-,24-,25-,26-,30-,31-/m1/s1. The van der Waals surface area contributed by atoms with Crippen LogP contribution in [-0.2, 0) is 41.6 Å². The number of rotatable bonds is 23. The molecule has 2 saturated heterocycles. The average molecular weight is 925 g/mol. The number of anilines is 1. The number of fused-ring (bicyclic) bond motifs is 1. The largest absolute Gasteiger partial charge is 0.481 e. The maximum Gasteiger partial charge on any atom is 0.481 e. The SMILES string of the molecule is NCC(O)CNC(=O)CNCC(O)CNC(=O)CNc1ncnc2c1ncn2[C@@H]1O[C@H](COP(=O)(O)OP(=O)(O)OC[C@H]2O[C@@H]([n+]3cccc(C(N)=O)c3)[C@H](O)[C@@H]2O)[C@@H](O)[C@H]1O. The van der Waals surface area contributed by atoms with E-state index in [-0.39, 0.29) is 61.8 Å². The van der Waals surface area contributed by atoms with E-state index >= 15 is 0 Å². The smallest absolute Gasteiger partial charge is 0.390 e. The molecule has 0 aliphatic carbocycles. The van der Waals surface area contributed by atoms with E-state index in [9.17, 15) is 63.9 Å². The second kappa shape index (κ2) is 21.4. The fourth-order valence-corrected chi connectivity index (χ4v) is 8.04. The van der Waals surface area contributed by atoms with Crippen LogP contribution in [0.1, 0.15) is 22.8 Å². The topological polar surface area (TPSA) is 441 Å². The molecule has 0 spiro atoms. The number of carbonyl (C=O) groups is 3. The third-order valence-corrected chi connectivity index (χ3v) is 11.7. The third kappa shape index (κ3) is 12.9. The molecule has 0 radical (unpaired) electrons. The molecule has 29 nitrogen and oxygen atoms in total. The van der Waals surface area contributed by atoms with Crippen molar-refractivity contribution in [2.75, 3.05) is 57.8 Å². The summed E-state index contributed by atoms with van der Waals surface area (Å²) in [7, 11) is -10.9. The lowest BCUT2D eigenvalue weighted by molar-refractivity contribution is -0.765. The van der Waals surface area contributed by atoms with E-state index in [1.807, 2.05) is 0 Å². The highest BCUT2D eigenvalue weighted by atomic mass is 31.3. The number of aliphatic hydroxyl groups excluding tert-OH is 6. The molecule has 12 atom stereocenters. The number of pyridine rings is 1. The van der Waals surface area contributed by atoms with Crippen LogP contribution in [0.2, 0.25) is 0 Å². The van der Waals surface area contributed by atoms with Gasteiger partial charge in [0, 0.05) is 32.2 Å². The van der Waals surface area contributed by atoms with E-state index in [0.717, 1.165) is 6.33 Å². The van der Waals surface area contributed by atoms with Gasteiger partial charge in [-0.2, -0.15) is 8.88 Å². The Bertz CT molecular complexity index is 2120. The summed E-state index contributed by atoms with van der Waals surface area (Å²) in [6.07, 6.45) is -9.58. The Labute approximate surface area is 350 Å². The van der Waals surface area contributed by atoms with E-state index in [1.165, 1.54) is 40.0 Å². The maximum atomic E-state index is 12.7. The molecule has 0 saturated carbocycles. The summed E-state index contributed by atoms with van der Waals surface area (Å²) in [6, 6.07) is 2.80.